The van der Waals surface area contributed by atoms with Crippen molar-refractivity contribution in [3.05, 3.63) is 46.2 Å². The fourth-order valence-electron chi connectivity index (χ4n) is 2.88. The van der Waals surface area contributed by atoms with Crippen molar-refractivity contribution in [2.24, 2.45) is 0 Å². The molecule has 0 saturated heterocycles. The smallest absolute Gasteiger partial charge is 0.288 e. The summed E-state index contributed by atoms with van der Waals surface area (Å²) in [6.07, 6.45) is 0.976. The van der Waals surface area contributed by atoms with Crippen molar-refractivity contribution in [3.8, 4) is 0 Å². The highest BCUT2D eigenvalue weighted by atomic mass is 32.2. The van der Waals surface area contributed by atoms with E-state index in [4.69, 9.17) is 0 Å². The van der Waals surface area contributed by atoms with Crippen LogP contribution in [0.3, 0.4) is 0 Å². The lowest BCUT2D eigenvalue weighted by molar-refractivity contribution is -0.117. The number of anilines is 1. The minimum absolute atomic E-state index is 0.0882. The molecule has 0 spiro atoms. The van der Waals surface area contributed by atoms with E-state index in [2.05, 4.69) is 28.6 Å². The first kappa shape index (κ1) is 17.4. The Bertz CT molecular complexity index is 703. The first-order valence-corrected chi connectivity index (χ1v) is 9.44. The van der Waals surface area contributed by atoms with Gasteiger partial charge in [-0.1, -0.05) is 11.8 Å². The average molecular weight is 368 g/mol. The number of carbonyl (C=O) groups is 1. The van der Waals surface area contributed by atoms with Gasteiger partial charge >= 0.3 is 0 Å². The number of thioether (sulfide) groups is 1. The van der Waals surface area contributed by atoms with Crippen LogP contribution in [0.4, 0.5) is 14.5 Å². The molecule has 0 fully saturated rings. The molecule has 0 aliphatic carbocycles. The number of carbonyl (C=O) groups excluding carboxylic acids is 1. The summed E-state index contributed by atoms with van der Waals surface area (Å²) in [5, 5.41) is 4.93. The average Bonchev–Trinajstić information content (AvgIpc) is 3.01. The quantitative estimate of drug-likeness (QED) is 0.782. The molecule has 1 amide bonds. The predicted octanol–water partition coefficient (Wildman–Crippen LogP) is 4.62. The van der Waals surface area contributed by atoms with E-state index in [1.54, 1.807) is 35.6 Å². The third-order valence-electron chi connectivity index (χ3n) is 4.11. The van der Waals surface area contributed by atoms with Crippen LogP contribution >= 0.6 is 23.1 Å². The van der Waals surface area contributed by atoms with Gasteiger partial charge in [0.2, 0.25) is 5.91 Å². The fourth-order valence-corrected chi connectivity index (χ4v) is 4.34. The number of benzene rings is 1. The van der Waals surface area contributed by atoms with E-state index >= 15 is 0 Å². The van der Waals surface area contributed by atoms with Gasteiger partial charge in [-0.15, -0.1) is 11.3 Å². The summed E-state index contributed by atoms with van der Waals surface area (Å²) in [5.74, 6) is -2.53. The maximum atomic E-state index is 12.3. The van der Waals surface area contributed by atoms with Crippen molar-refractivity contribution in [2.45, 2.75) is 30.0 Å². The topological polar surface area (TPSA) is 32.3 Å². The second-order valence-corrected chi connectivity index (χ2v) is 7.71. The minimum atomic E-state index is -2.44. The Morgan fingerprint density at radius 2 is 2.12 bits per heavy atom. The van der Waals surface area contributed by atoms with Gasteiger partial charge in [-0.3, -0.25) is 9.69 Å². The molecule has 3 nitrogen and oxygen atoms in total. The van der Waals surface area contributed by atoms with Gasteiger partial charge in [0.05, 0.1) is 6.54 Å². The summed E-state index contributed by atoms with van der Waals surface area (Å²) in [6, 6.07) is 8.85. The van der Waals surface area contributed by atoms with Crippen molar-refractivity contribution in [2.75, 3.05) is 18.4 Å². The molecule has 2 aromatic rings. The van der Waals surface area contributed by atoms with E-state index in [9.17, 15) is 13.6 Å². The molecule has 128 valence electrons. The van der Waals surface area contributed by atoms with Crippen molar-refractivity contribution >= 4 is 34.7 Å². The van der Waals surface area contributed by atoms with Crippen molar-refractivity contribution < 1.29 is 13.6 Å². The Kier molecular flexibility index (Phi) is 5.53. The van der Waals surface area contributed by atoms with Gasteiger partial charge in [0.25, 0.3) is 5.76 Å². The summed E-state index contributed by atoms with van der Waals surface area (Å²) < 4.78 is 24.6. The molecule has 2 heterocycles. The summed E-state index contributed by atoms with van der Waals surface area (Å²) in [7, 11) is 0. The lowest BCUT2D eigenvalue weighted by Gasteiger charge is -2.32. The molecule has 1 aliphatic heterocycles. The SMILES string of the molecule is CC1c2ccsc2CCN1CC(=O)Nc1ccc(SC(F)F)cc1. The van der Waals surface area contributed by atoms with Crippen LogP contribution < -0.4 is 5.32 Å². The molecule has 1 aromatic heterocycles. The molecule has 1 aromatic carbocycles. The van der Waals surface area contributed by atoms with Gasteiger partial charge in [-0.05, 0) is 54.6 Å². The van der Waals surface area contributed by atoms with Gasteiger partial charge in [-0.25, -0.2) is 0 Å². The second-order valence-electron chi connectivity index (χ2n) is 5.65. The number of alkyl halides is 2. The molecule has 0 radical (unpaired) electrons. The zero-order chi connectivity index (χ0) is 17.1. The number of rotatable bonds is 5. The molecular formula is C17H18F2N2OS2. The Morgan fingerprint density at radius 3 is 2.83 bits per heavy atom. The summed E-state index contributed by atoms with van der Waals surface area (Å²) >= 11 is 2.27. The molecule has 1 aliphatic rings. The van der Waals surface area contributed by atoms with E-state index < -0.39 is 5.76 Å². The maximum absolute atomic E-state index is 12.3. The van der Waals surface area contributed by atoms with E-state index in [1.165, 1.54) is 10.4 Å². The Labute approximate surface area is 148 Å². The Morgan fingerprint density at radius 1 is 1.38 bits per heavy atom. The molecule has 1 unspecified atom stereocenters. The molecule has 1 N–H and O–H groups in total. The standard InChI is InChI=1S/C17H18F2N2OS2/c1-11-14-7-9-23-15(14)6-8-21(11)10-16(22)20-12-2-4-13(5-3-12)24-17(18)19/h2-5,7,9,11,17H,6,8,10H2,1H3,(H,20,22). The molecule has 0 bridgehead atoms. The number of thiophene rings is 1. The zero-order valence-electron chi connectivity index (χ0n) is 13.2. The van der Waals surface area contributed by atoms with Crippen LogP contribution in [0.25, 0.3) is 0 Å². The molecular weight excluding hydrogens is 350 g/mol. The van der Waals surface area contributed by atoms with Crippen molar-refractivity contribution in [1.82, 2.24) is 4.90 Å². The van der Waals surface area contributed by atoms with Crippen LogP contribution in [0, 0.1) is 0 Å². The lowest BCUT2D eigenvalue weighted by Crippen LogP contribution is -2.39. The molecule has 24 heavy (non-hydrogen) atoms. The van der Waals surface area contributed by atoms with E-state index in [-0.39, 0.29) is 11.9 Å². The highest BCUT2D eigenvalue weighted by molar-refractivity contribution is 7.99. The number of hydrogen-bond donors (Lipinski definition) is 1. The van der Waals surface area contributed by atoms with Crippen LogP contribution in [0.5, 0.6) is 0 Å². The van der Waals surface area contributed by atoms with Crippen LogP contribution in [-0.2, 0) is 11.2 Å². The number of amides is 1. The maximum Gasteiger partial charge on any atom is 0.288 e. The van der Waals surface area contributed by atoms with Crippen LogP contribution in [0.1, 0.15) is 23.4 Å². The number of hydrogen-bond acceptors (Lipinski definition) is 4. The highest BCUT2D eigenvalue weighted by Gasteiger charge is 2.26. The molecule has 7 heteroatoms. The van der Waals surface area contributed by atoms with Crippen LogP contribution in [0.2, 0.25) is 0 Å². The number of nitrogens with one attached hydrogen (secondary N) is 1. The highest BCUT2D eigenvalue weighted by Crippen LogP contribution is 2.32. The number of halogens is 2. The first-order chi connectivity index (χ1) is 11.5. The van der Waals surface area contributed by atoms with Crippen LogP contribution in [0.15, 0.2) is 40.6 Å². The van der Waals surface area contributed by atoms with E-state index in [0.717, 1.165) is 13.0 Å². The summed E-state index contributed by atoms with van der Waals surface area (Å²) in [6.45, 7) is 3.31. The zero-order valence-corrected chi connectivity index (χ0v) is 14.8. The van der Waals surface area contributed by atoms with Gasteiger partial charge in [-0.2, -0.15) is 8.78 Å². The monoisotopic (exact) mass is 368 g/mol. The van der Waals surface area contributed by atoms with E-state index in [1.807, 2.05) is 0 Å². The molecule has 0 saturated carbocycles. The predicted molar refractivity (Wildman–Crippen MR) is 94.9 cm³/mol. The minimum Gasteiger partial charge on any atom is -0.325 e. The second kappa shape index (κ2) is 7.63. The number of fused-ring (bicyclic) bond motifs is 1. The van der Waals surface area contributed by atoms with Crippen LogP contribution in [-0.4, -0.2) is 29.7 Å². The van der Waals surface area contributed by atoms with Crippen molar-refractivity contribution in [3.63, 3.8) is 0 Å². The van der Waals surface area contributed by atoms with Crippen molar-refractivity contribution in [1.29, 1.82) is 0 Å². The fraction of sp³-hybridized carbons (Fsp3) is 0.353. The molecule has 3 rings (SSSR count). The first-order valence-electron chi connectivity index (χ1n) is 7.68. The van der Waals surface area contributed by atoms with Gasteiger partial charge in [0, 0.05) is 28.0 Å². The Hall–Kier alpha value is -1.44. The Balaban J connectivity index is 1.56. The molecule has 1 atom stereocenters. The van der Waals surface area contributed by atoms with Gasteiger partial charge < -0.3 is 5.32 Å². The van der Waals surface area contributed by atoms with Gasteiger partial charge in [0.1, 0.15) is 0 Å². The third kappa shape index (κ3) is 4.15. The normalized spacial score (nSPS) is 17.8. The van der Waals surface area contributed by atoms with E-state index in [0.29, 0.717) is 28.9 Å². The third-order valence-corrected chi connectivity index (χ3v) is 5.83. The summed E-state index contributed by atoms with van der Waals surface area (Å²) in [4.78, 5) is 16.3. The summed E-state index contributed by atoms with van der Waals surface area (Å²) in [5.41, 5.74) is 1.94. The largest absolute Gasteiger partial charge is 0.325 e. The number of nitrogens with zero attached hydrogens (tertiary/aromatic N) is 1. The van der Waals surface area contributed by atoms with Gasteiger partial charge in [0.15, 0.2) is 0 Å². The lowest BCUT2D eigenvalue weighted by atomic mass is 10.0.